The van der Waals surface area contributed by atoms with Gasteiger partial charge in [-0.2, -0.15) is 8.78 Å². The van der Waals surface area contributed by atoms with Crippen molar-refractivity contribution >= 4 is 35.8 Å². The first-order valence-corrected chi connectivity index (χ1v) is 10.8. The number of rotatable bonds is 9. The molecule has 1 saturated carbocycles. The Bertz CT molecular complexity index is 750. The Morgan fingerprint density at radius 1 is 1.28 bits per heavy atom. The lowest BCUT2D eigenvalue weighted by atomic mass is 9.86. The van der Waals surface area contributed by atoms with E-state index >= 15 is 0 Å². The van der Waals surface area contributed by atoms with Gasteiger partial charge in [0.05, 0.1) is 19.7 Å². The number of nitrogens with zero attached hydrogens (tertiary/aromatic N) is 2. The van der Waals surface area contributed by atoms with Gasteiger partial charge in [0.15, 0.2) is 17.5 Å². The molecule has 0 aromatic heterocycles. The van der Waals surface area contributed by atoms with Crippen LogP contribution in [0.4, 0.5) is 8.78 Å². The van der Waals surface area contributed by atoms with E-state index in [4.69, 9.17) is 9.47 Å². The van der Waals surface area contributed by atoms with Crippen molar-refractivity contribution in [1.29, 1.82) is 0 Å². The van der Waals surface area contributed by atoms with Gasteiger partial charge in [0.1, 0.15) is 0 Å². The molecule has 1 aromatic carbocycles. The Morgan fingerprint density at radius 3 is 2.62 bits per heavy atom. The maximum Gasteiger partial charge on any atom is 0.387 e. The van der Waals surface area contributed by atoms with E-state index in [0.29, 0.717) is 24.0 Å². The molecule has 0 heterocycles. The molecule has 2 atom stereocenters. The number of benzene rings is 1. The summed E-state index contributed by atoms with van der Waals surface area (Å²) in [6.45, 7) is 1.50. The molecule has 7 nitrogen and oxygen atoms in total. The fourth-order valence-corrected chi connectivity index (χ4v) is 3.52. The highest BCUT2D eigenvalue weighted by Crippen LogP contribution is 2.33. The average Bonchev–Trinajstić information content (AvgIpc) is 2.72. The fourth-order valence-electron chi connectivity index (χ4n) is 3.52. The van der Waals surface area contributed by atoms with Gasteiger partial charge in [-0.3, -0.25) is 4.79 Å². The van der Waals surface area contributed by atoms with Crippen molar-refractivity contribution in [2.24, 2.45) is 10.9 Å². The van der Waals surface area contributed by atoms with Crippen LogP contribution in [0.2, 0.25) is 0 Å². The van der Waals surface area contributed by atoms with E-state index in [2.05, 4.69) is 22.5 Å². The third kappa shape index (κ3) is 8.95. The van der Waals surface area contributed by atoms with Gasteiger partial charge in [-0.15, -0.1) is 24.0 Å². The quantitative estimate of drug-likeness (QED) is 0.268. The van der Waals surface area contributed by atoms with Gasteiger partial charge < -0.3 is 25.0 Å². The Balaban J connectivity index is 0.00000512. The number of guanidine groups is 1. The van der Waals surface area contributed by atoms with E-state index in [0.717, 1.165) is 19.3 Å². The second-order valence-electron chi connectivity index (χ2n) is 7.88. The van der Waals surface area contributed by atoms with Crippen molar-refractivity contribution in [3.63, 3.8) is 0 Å². The second-order valence-corrected chi connectivity index (χ2v) is 7.88. The van der Waals surface area contributed by atoms with E-state index in [1.54, 1.807) is 39.2 Å². The molecule has 2 unspecified atom stereocenters. The van der Waals surface area contributed by atoms with Crippen LogP contribution >= 0.6 is 24.0 Å². The first kappa shape index (κ1) is 28.2. The highest BCUT2D eigenvalue weighted by molar-refractivity contribution is 14.0. The van der Waals surface area contributed by atoms with Gasteiger partial charge in [-0.25, -0.2) is 4.99 Å². The SMILES string of the molecule is CCOc1cccc(CN=C(NCC(=O)N(C)C)NC2CCCCC2C)c1OC(F)F.I. The maximum atomic E-state index is 13.0. The van der Waals surface area contributed by atoms with Crippen LogP contribution in [0.25, 0.3) is 0 Å². The number of aliphatic imine (C=N–C) groups is 1. The minimum atomic E-state index is -2.97. The molecule has 0 radical (unpaired) electrons. The van der Waals surface area contributed by atoms with Crippen LogP contribution in [0.5, 0.6) is 11.5 Å². The highest BCUT2D eigenvalue weighted by Gasteiger charge is 2.23. The molecule has 1 aliphatic carbocycles. The number of para-hydroxylation sites is 1. The van der Waals surface area contributed by atoms with Crippen LogP contribution in [-0.2, 0) is 11.3 Å². The van der Waals surface area contributed by atoms with Crippen molar-refractivity contribution < 1.29 is 23.0 Å². The smallest absolute Gasteiger partial charge is 0.387 e. The van der Waals surface area contributed by atoms with Crippen LogP contribution < -0.4 is 20.1 Å². The standard InChI is InChI=1S/C22H34F2N4O3.HI/c1-5-30-18-12-8-10-16(20(18)31-21(23)24)13-25-22(26-14-19(29)28(3)4)27-17-11-7-6-9-15(17)2;/h8,10,12,15,17,21H,5-7,9,11,13-14H2,1-4H3,(H2,25,26,27);1H. The number of halogens is 3. The maximum absolute atomic E-state index is 13.0. The zero-order valence-corrected chi connectivity index (χ0v) is 21.5. The molecule has 0 spiro atoms. The number of nitrogens with one attached hydrogen (secondary N) is 2. The zero-order valence-electron chi connectivity index (χ0n) is 19.2. The van der Waals surface area contributed by atoms with Gasteiger partial charge in [-0.1, -0.05) is 31.9 Å². The number of likely N-dealkylation sites (N-methyl/N-ethyl adjacent to an activating group) is 1. The summed E-state index contributed by atoms with van der Waals surface area (Å²) < 4.78 is 36.1. The molecule has 2 N–H and O–H groups in total. The van der Waals surface area contributed by atoms with Crippen LogP contribution in [0.3, 0.4) is 0 Å². The molecule has 1 fully saturated rings. The first-order chi connectivity index (χ1) is 14.8. The van der Waals surface area contributed by atoms with E-state index in [-0.39, 0.29) is 60.5 Å². The van der Waals surface area contributed by atoms with E-state index in [1.165, 1.54) is 11.3 Å². The Hall–Kier alpha value is -1.85. The number of hydrogen-bond acceptors (Lipinski definition) is 4. The van der Waals surface area contributed by atoms with Crippen molar-refractivity contribution in [2.45, 2.75) is 58.7 Å². The molecule has 10 heteroatoms. The number of carbonyl (C=O) groups is 1. The van der Waals surface area contributed by atoms with Gasteiger partial charge >= 0.3 is 6.61 Å². The lowest BCUT2D eigenvalue weighted by molar-refractivity contribution is -0.127. The van der Waals surface area contributed by atoms with Gasteiger partial charge in [0, 0.05) is 25.7 Å². The van der Waals surface area contributed by atoms with Crippen molar-refractivity contribution in [3.05, 3.63) is 23.8 Å². The summed E-state index contributed by atoms with van der Waals surface area (Å²) in [7, 11) is 3.37. The summed E-state index contributed by atoms with van der Waals surface area (Å²) in [6.07, 6.45) is 4.49. The largest absolute Gasteiger partial charge is 0.490 e. The fraction of sp³-hybridized carbons (Fsp3) is 0.636. The third-order valence-electron chi connectivity index (χ3n) is 5.31. The molecule has 0 saturated heterocycles. The second kappa shape index (κ2) is 14.3. The van der Waals surface area contributed by atoms with Gasteiger partial charge in [-0.05, 0) is 31.7 Å². The monoisotopic (exact) mass is 568 g/mol. The van der Waals surface area contributed by atoms with Crippen LogP contribution in [0.15, 0.2) is 23.2 Å². The van der Waals surface area contributed by atoms with Crippen molar-refractivity contribution in [3.8, 4) is 11.5 Å². The summed E-state index contributed by atoms with van der Waals surface area (Å²) in [6, 6.07) is 5.22. The third-order valence-corrected chi connectivity index (χ3v) is 5.31. The van der Waals surface area contributed by atoms with E-state index < -0.39 is 6.61 Å². The predicted molar refractivity (Wildman–Crippen MR) is 132 cm³/mol. The molecule has 0 bridgehead atoms. The predicted octanol–water partition coefficient (Wildman–Crippen LogP) is 4.01. The summed E-state index contributed by atoms with van der Waals surface area (Å²) in [4.78, 5) is 18.1. The first-order valence-electron chi connectivity index (χ1n) is 10.8. The van der Waals surface area contributed by atoms with Crippen LogP contribution in [0, 0.1) is 5.92 Å². The van der Waals surface area contributed by atoms with Crippen molar-refractivity contribution in [1.82, 2.24) is 15.5 Å². The summed E-state index contributed by atoms with van der Waals surface area (Å²) in [5.74, 6) is 1.09. The zero-order chi connectivity index (χ0) is 22.8. The summed E-state index contributed by atoms with van der Waals surface area (Å²) in [5, 5.41) is 6.48. The molecular formula is C22H35F2IN4O3. The molecule has 32 heavy (non-hydrogen) atoms. The molecule has 2 rings (SSSR count). The van der Waals surface area contributed by atoms with Crippen LogP contribution in [-0.4, -0.2) is 56.7 Å². The lowest BCUT2D eigenvalue weighted by Crippen LogP contribution is -2.49. The number of ether oxygens (including phenoxy) is 2. The summed E-state index contributed by atoms with van der Waals surface area (Å²) in [5.41, 5.74) is 0.475. The van der Waals surface area contributed by atoms with Crippen molar-refractivity contribution in [2.75, 3.05) is 27.2 Å². The molecule has 1 aromatic rings. The Labute approximate surface area is 206 Å². The Morgan fingerprint density at radius 2 is 2.00 bits per heavy atom. The highest BCUT2D eigenvalue weighted by atomic mass is 127. The topological polar surface area (TPSA) is 75.2 Å². The normalized spacial score (nSPS) is 18.5. The molecular weight excluding hydrogens is 533 g/mol. The van der Waals surface area contributed by atoms with Gasteiger partial charge in [0.25, 0.3) is 0 Å². The van der Waals surface area contributed by atoms with E-state index in [1.807, 2.05) is 0 Å². The molecule has 182 valence electrons. The lowest BCUT2D eigenvalue weighted by Gasteiger charge is -2.31. The minimum absolute atomic E-state index is 0. The minimum Gasteiger partial charge on any atom is -0.490 e. The van der Waals surface area contributed by atoms with Crippen LogP contribution in [0.1, 0.15) is 45.1 Å². The summed E-state index contributed by atoms with van der Waals surface area (Å²) >= 11 is 0. The molecule has 1 aliphatic rings. The Kier molecular flexibility index (Phi) is 12.6. The number of hydrogen-bond donors (Lipinski definition) is 2. The molecule has 0 aliphatic heterocycles. The number of amides is 1. The van der Waals surface area contributed by atoms with E-state index in [9.17, 15) is 13.6 Å². The average molecular weight is 568 g/mol. The number of carbonyl (C=O) groups excluding carboxylic acids is 1. The number of alkyl halides is 2. The molecule has 1 amide bonds. The van der Waals surface area contributed by atoms with Gasteiger partial charge in [0.2, 0.25) is 5.91 Å².